The van der Waals surface area contributed by atoms with Crippen LogP contribution in [0.25, 0.3) is 17.1 Å². The van der Waals surface area contributed by atoms with Crippen LogP contribution >= 0.6 is 0 Å². The summed E-state index contributed by atoms with van der Waals surface area (Å²) in [5.74, 6) is 0.861. The van der Waals surface area contributed by atoms with E-state index in [2.05, 4.69) is 10.4 Å². The number of carbonyl (C=O) groups excluding carboxylic acids is 1. The molecule has 0 saturated carbocycles. The van der Waals surface area contributed by atoms with Gasteiger partial charge < -0.3 is 9.73 Å². The van der Waals surface area contributed by atoms with E-state index in [0.29, 0.717) is 22.9 Å². The molecular weight excluding hydrogens is 396 g/mol. The molecule has 2 aromatic carbocycles. The molecule has 0 bridgehead atoms. The van der Waals surface area contributed by atoms with Gasteiger partial charge in [-0.25, -0.2) is 4.68 Å². The van der Waals surface area contributed by atoms with Gasteiger partial charge in [0, 0.05) is 18.2 Å². The number of rotatable bonds is 6. The van der Waals surface area contributed by atoms with Gasteiger partial charge in [0.05, 0.1) is 16.7 Å². The second kappa shape index (κ2) is 8.27. The maximum absolute atomic E-state index is 13.2. The monoisotopic (exact) mass is 416 g/mol. The quantitative estimate of drug-likeness (QED) is 0.358. The van der Waals surface area contributed by atoms with Crippen molar-refractivity contribution in [2.45, 2.75) is 19.9 Å². The van der Waals surface area contributed by atoms with E-state index in [1.165, 1.54) is 16.8 Å². The lowest BCUT2D eigenvalue weighted by atomic mass is 10.1. The minimum Gasteiger partial charge on any atom is -0.460 e. The normalized spacial score (nSPS) is 11.8. The first-order valence-corrected chi connectivity index (χ1v) is 9.70. The summed E-state index contributed by atoms with van der Waals surface area (Å²) in [7, 11) is 0. The van der Waals surface area contributed by atoms with Crippen molar-refractivity contribution >= 4 is 11.6 Å². The average Bonchev–Trinajstić information content (AvgIpc) is 3.41. The maximum atomic E-state index is 13.2. The second-order valence-corrected chi connectivity index (χ2v) is 7.12. The van der Waals surface area contributed by atoms with E-state index in [4.69, 9.17) is 4.42 Å². The van der Waals surface area contributed by atoms with E-state index < -0.39 is 4.92 Å². The smallest absolute Gasteiger partial charge is 0.271 e. The molecule has 8 nitrogen and oxygen atoms in total. The fourth-order valence-electron chi connectivity index (χ4n) is 3.27. The number of nitrogens with one attached hydrogen (secondary N) is 1. The number of non-ortho nitro benzene ring substituents is 1. The predicted molar refractivity (Wildman–Crippen MR) is 115 cm³/mol. The minimum absolute atomic E-state index is 0.0904. The number of aryl methyl sites for hydroxylation is 1. The molecule has 0 fully saturated rings. The number of nitro groups is 1. The molecule has 156 valence electrons. The van der Waals surface area contributed by atoms with Crippen LogP contribution in [-0.4, -0.2) is 20.6 Å². The zero-order valence-electron chi connectivity index (χ0n) is 17.0. The molecule has 1 amide bonds. The minimum atomic E-state index is -0.485. The fourth-order valence-corrected chi connectivity index (χ4v) is 3.27. The number of benzene rings is 2. The van der Waals surface area contributed by atoms with E-state index in [1.807, 2.05) is 44.2 Å². The van der Waals surface area contributed by atoms with Crippen LogP contribution < -0.4 is 5.32 Å². The number of aromatic nitrogens is 2. The van der Waals surface area contributed by atoms with Gasteiger partial charge in [-0.1, -0.05) is 36.4 Å². The van der Waals surface area contributed by atoms with Crippen molar-refractivity contribution < 1.29 is 14.1 Å². The Bertz CT molecular complexity index is 1240. The van der Waals surface area contributed by atoms with Gasteiger partial charge in [0.1, 0.15) is 17.1 Å². The third-order valence-corrected chi connectivity index (χ3v) is 4.87. The zero-order valence-corrected chi connectivity index (χ0v) is 17.0. The Kier molecular flexibility index (Phi) is 5.36. The van der Waals surface area contributed by atoms with E-state index in [-0.39, 0.29) is 23.3 Å². The number of hydrogen-bond acceptors (Lipinski definition) is 5. The van der Waals surface area contributed by atoms with Gasteiger partial charge in [0.2, 0.25) is 0 Å². The van der Waals surface area contributed by atoms with Gasteiger partial charge in [-0.05, 0) is 37.6 Å². The number of nitro benzene ring substituents is 1. The third kappa shape index (κ3) is 4.23. The van der Waals surface area contributed by atoms with Gasteiger partial charge in [-0.3, -0.25) is 14.9 Å². The largest absolute Gasteiger partial charge is 0.460 e. The molecule has 0 aliphatic rings. The van der Waals surface area contributed by atoms with E-state index in [0.717, 1.165) is 5.56 Å². The summed E-state index contributed by atoms with van der Waals surface area (Å²) in [6.45, 7) is 3.70. The molecule has 1 N–H and O–H groups in total. The Labute approximate surface area is 178 Å². The number of hydrogen-bond donors (Lipinski definition) is 1. The second-order valence-electron chi connectivity index (χ2n) is 7.12. The van der Waals surface area contributed by atoms with Crippen molar-refractivity contribution in [1.29, 1.82) is 0 Å². The highest BCUT2D eigenvalue weighted by atomic mass is 16.6. The van der Waals surface area contributed by atoms with Crippen molar-refractivity contribution in [3.8, 4) is 17.1 Å². The number of carbonyl (C=O) groups is 1. The highest BCUT2D eigenvalue weighted by molar-refractivity contribution is 5.94. The molecule has 4 aromatic rings. The van der Waals surface area contributed by atoms with Gasteiger partial charge in [-0.2, -0.15) is 5.10 Å². The van der Waals surface area contributed by atoms with Crippen molar-refractivity contribution in [1.82, 2.24) is 15.1 Å². The SMILES string of the molecule is Cc1ccc(-c2cc(C(=O)NC(C)c3ccccc3)n(-c3cccc([N+](=O)[O-])c3)n2)o1. The highest BCUT2D eigenvalue weighted by Gasteiger charge is 2.21. The predicted octanol–water partition coefficient (Wildman–Crippen LogP) is 4.84. The van der Waals surface area contributed by atoms with Gasteiger partial charge in [0.25, 0.3) is 11.6 Å². The van der Waals surface area contributed by atoms with Crippen LogP contribution in [0.2, 0.25) is 0 Å². The Hall–Kier alpha value is -4.20. The summed E-state index contributed by atoms with van der Waals surface area (Å²) in [6.07, 6.45) is 0. The van der Waals surface area contributed by atoms with E-state index in [1.54, 1.807) is 30.3 Å². The molecule has 0 aliphatic carbocycles. The van der Waals surface area contributed by atoms with Gasteiger partial charge in [-0.15, -0.1) is 0 Å². The molecule has 1 atom stereocenters. The lowest BCUT2D eigenvalue weighted by Crippen LogP contribution is -2.28. The van der Waals surface area contributed by atoms with Crippen molar-refractivity contribution in [3.63, 3.8) is 0 Å². The molecule has 0 radical (unpaired) electrons. The van der Waals surface area contributed by atoms with Crippen LogP contribution in [-0.2, 0) is 0 Å². The molecule has 4 rings (SSSR count). The summed E-state index contributed by atoms with van der Waals surface area (Å²) >= 11 is 0. The van der Waals surface area contributed by atoms with Gasteiger partial charge >= 0.3 is 0 Å². The highest BCUT2D eigenvalue weighted by Crippen LogP contribution is 2.25. The molecule has 1 unspecified atom stereocenters. The zero-order chi connectivity index (χ0) is 22.0. The Morgan fingerprint density at radius 1 is 1.10 bits per heavy atom. The van der Waals surface area contributed by atoms with Crippen LogP contribution in [0, 0.1) is 17.0 Å². The topological polar surface area (TPSA) is 103 Å². The summed E-state index contributed by atoms with van der Waals surface area (Å²) in [4.78, 5) is 23.9. The van der Waals surface area contributed by atoms with E-state index in [9.17, 15) is 14.9 Å². The number of nitrogens with zero attached hydrogens (tertiary/aromatic N) is 3. The van der Waals surface area contributed by atoms with Crippen LogP contribution in [0.4, 0.5) is 5.69 Å². The van der Waals surface area contributed by atoms with Crippen LogP contribution in [0.5, 0.6) is 0 Å². The van der Waals surface area contributed by atoms with Crippen molar-refractivity contribution in [2.75, 3.05) is 0 Å². The van der Waals surface area contributed by atoms with Crippen molar-refractivity contribution in [2.24, 2.45) is 0 Å². The summed E-state index contributed by atoms with van der Waals surface area (Å²) in [5.41, 5.74) is 1.97. The summed E-state index contributed by atoms with van der Waals surface area (Å²) in [5, 5.41) is 18.7. The lowest BCUT2D eigenvalue weighted by molar-refractivity contribution is -0.384. The lowest BCUT2D eigenvalue weighted by Gasteiger charge is -2.15. The Morgan fingerprint density at radius 2 is 1.87 bits per heavy atom. The molecule has 31 heavy (non-hydrogen) atoms. The molecule has 0 spiro atoms. The molecule has 2 aromatic heterocycles. The summed E-state index contributed by atoms with van der Waals surface area (Å²) < 4.78 is 7.05. The molecule has 8 heteroatoms. The van der Waals surface area contributed by atoms with Crippen LogP contribution in [0.3, 0.4) is 0 Å². The number of amides is 1. The van der Waals surface area contributed by atoms with Crippen LogP contribution in [0.15, 0.2) is 77.2 Å². The molecule has 0 aliphatic heterocycles. The molecule has 0 saturated heterocycles. The first-order chi connectivity index (χ1) is 14.9. The molecular formula is C23H20N4O4. The van der Waals surface area contributed by atoms with E-state index >= 15 is 0 Å². The molecule has 2 heterocycles. The maximum Gasteiger partial charge on any atom is 0.271 e. The average molecular weight is 416 g/mol. The first kappa shape index (κ1) is 20.1. The van der Waals surface area contributed by atoms with Crippen molar-refractivity contribution in [3.05, 3.63) is 99.9 Å². The fraction of sp³-hybridized carbons (Fsp3) is 0.130. The summed E-state index contributed by atoms with van der Waals surface area (Å²) in [6, 6.07) is 20.5. The van der Waals surface area contributed by atoms with Gasteiger partial charge in [0.15, 0.2) is 5.76 Å². The first-order valence-electron chi connectivity index (χ1n) is 9.70. The Morgan fingerprint density at radius 3 is 2.55 bits per heavy atom. The standard InChI is InChI=1S/C23H20N4O4/c1-15-11-12-22(31-15)20-14-21(23(28)24-16(2)17-7-4-3-5-8-17)26(25-20)18-9-6-10-19(13-18)27(29)30/h3-14,16H,1-2H3,(H,24,28). The number of furan rings is 1. The third-order valence-electron chi connectivity index (χ3n) is 4.87. The Balaban J connectivity index is 1.74. The van der Waals surface area contributed by atoms with Crippen LogP contribution in [0.1, 0.15) is 34.8 Å².